The van der Waals surface area contributed by atoms with E-state index in [2.05, 4.69) is 32.7 Å². The van der Waals surface area contributed by atoms with E-state index in [-0.39, 0.29) is 17.7 Å². The number of anilines is 1. The van der Waals surface area contributed by atoms with E-state index in [9.17, 15) is 22.8 Å². The van der Waals surface area contributed by atoms with Crippen molar-refractivity contribution in [1.29, 1.82) is 0 Å². The number of amides is 3. The highest BCUT2D eigenvalue weighted by Gasteiger charge is 2.35. The second kappa shape index (κ2) is 13.9. The summed E-state index contributed by atoms with van der Waals surface area (Å²) in [5, 5.41) is 12.7. The Bertz CT molecular complexity index is 1610. The molecular weight excluding hydrogens is 587 g/mol. The summed E-state index contributed by atoms with van der Waals surface area (Å²) in [6.45, 7) is 3.04. The van der Waals surface area contributed by atoms with Crippen LogP contribution in [-0.2, 0) is 4.74 Å². The monoisotopic (exact) mass is 621 g/mol. The van der Waals surface area contributed by atoms with Crippen LogP contribution in [0.3, 0.4) is 0 Å². The minimum Gasteiger partial charge on any atom is -0.383 e. The maximum atomic E-state index is 13.6. The van der Waals surface area contributed by atoms with Gasteiger partial charge in [-0.25, -0.2) is 9.48 Å². The number of hydrogen-bond donors (Lipinski definition) is 3. The highest BCUT2D eigenvalue weighted by Crippen LogP contribution is 2.32. The number of carbonyl (C=O) groups is 2. The van der Waals surface area contributed by atoms with Crippen LogP contribution in [0.1, 0.15) is 27.5 Å². The molecule has 236 valence electrons. The summed E-state index contributed by atoms with van der Waals surface area (Å²) in [7, 11) is 1.66. The van der Waals surface area contributed by atoms with Crippen molar-refractivity contribution in [2.75, 3.05) is 45.2 Å². The standard InChI is InChI=1S/C32H34F3N7O3/c1-21-28(23-13-14-36-26(17-23)30(43)37-20-32(33,34)35)40-42(24-11-7-4-8-12-24)29(21)39-31(44)38-27-19-41(15-16-45-2)18-25(27)22-9-5-3-6-10-22/h3-14,17,25,27H,15-16,18-20H2,1-2H3,(H,37,43)(H2,38,39,44)/t25-,27+/m0/s1. The number of nitrogens with zero attached hydrogens (tertiary/aromatic N) is 4. The van der Waals surface area contributed by atoms with Crippen molar-refractivity contribution < 1.29 is 27.5 Å². The summed E-state index contributed by atoms with van der Waals surface area (Å²) < 4.78 is 44.8. The van der Waals surface area contributed by atoms with E-state index in [1.54, 1.807) is 24.8 Å². The average Bonchev–Trinajstić information content (AvgIpc) is 3.59. The van der Waals surface area contributed by atoms with Crippen molar-refractivity contribution in [3.8, 4) is 16.9 Å². The quantitative estimate of drug-likeness (QED) is 0.235. The summed E-state index contributed by atoms with van der Waals surface area (Å²) >= 11 is 0. The van der Waals surface area contributed by atoms with Gasteiger partial charge in [0.1, 0.15) is 18.1 Å². The van der Waals surface area contributed by atoms with E-state index in [1.165, 1.54) is 12.3 Å². The number of benzene rings is 2. The SMILES string of the molecule is COCCN1C[C@@H](NC(=O)Nc2c(C)c(-c3ccnc(C(=O)NCC(F)(F)F)c3)nn2-c2ccccc2)[C@H](c2ccccc2)C1. The predicted octanol–water partition coefficient (Wildman–Crippen LogP) is 4.77. The molecule has 1 aliphatic heterocycles. The topological polar surface area (TPSA) is 113 Å². The van der Waals surface area contributed by atoms with Crippen LogP contribution in [0.15, 0.2) is 79.0 Å². The largest absolute Gasteiger partial charge is 0.405 e. The molecule has 1 fully saturated rings. The van der Waals surface area contributed by atoms with Crippen molar-refractivity contribution in [3.05, 3.63) is 95.8 Å². The summed E-state index contributed by atoms with van der Waals surface area (Å²) in [6, 6.07) is 21.6. The highest BCUT2D eigenvalue weighted by molar-refractivity contribution is 5.94. The Kier molecular flexibility index (Phi) is 9.79. The van der Waals surface area contributed by atoms with Gasteiger partial charge in [-0.15, -0.1) is 0 Å². The molecule has 2 aromatic heterocycles. The zero-order chi connectivity index (χ0) is 32.0. The van der Waals surface area contributed by atoms with E-state index in [0.29, 0.717) is 41.5 Å². The van der Waals surface area contributed by atoms with Crippen LogP contribution in [0.2, 0.25) is 0 Å². The lowest BCUT2D eigenvalue weighted by molar-refractivity contribution is -0.123. The third-order valence-electron chi connectivity index (χ3n) is 7.62. The Balaban J connectivity index is 1.41. The Labute approximate surface area is 258 Å². The van der Waals surface area contributed by atoms with Crippen LogP contribution in [0.5, 0.6) is 0 Å². The van der Waals surface area contributed by atoms with Gasteiger partial charge in [-0.05, 0) is 36.8 Å². The first kappa shape index (κ1) is 31.7. The molecule has 3 amide bonds. The molecule has 0 unspecified atom stereocenters. The first-order valence-corrected chi connectivity index (χ1v) is 14.4. The number of aromatic nitrogens is 3. The highest BCUT2D eigenvalue weighted by atomic mass is 19.4. The maximum Gasteiger partial charge on any atom is 0.405 e. The fourth-order valence-corrected chi connectivity index (χ4v) is 5.43. The first-order valence-electron chi connectivity index (χ1n) is 14.4. The molecule has 2 aromatic carbocycles. The van der Waals surface area contributed by atoms with Crippen molar-refractivity contribution >= 4 is 17.8 Å². The number of urea groups is 1. The second-order valence-electron chi connectivity index (χ2n) is 10.8. The zero-order valence-electron chi connectivity index (χ0n) is 24.8. The molecule has 0 saturated carbocycles. The lowest BCUT2D eigenvalue weighted by atomic mass is 9.94. The van der Waals surface area contributed by atoms with Crippen molar-refractivity contribution in [1.82, 2.24) is 30.3 Å². The van der Waals surface area contributed by atoms with Gasteiger partial charge in [-0.1, -0.05) is 48.5 Å². The molecule has 5 rings (SSSR count). The van der Waals surface area contributed by atoms with Crippen LogP contribution in [0.4, 0.5) is 23.8 Å². The molecule has 0 aliphatic carbocycles. The minimum atomic E-state index is -4.55. The van der Waals surface area contributed by atoms with E-state index in [0.717, 1.165) is 18.7 Å². The Morgan fingerprint density at radius 2 is 1.73 bits per heavy atom. The molecule has 0 radical (unpaired) electrons. The van der Waals surface area contributed by atoms with Crippen molar-refractivity contribution in [2.24, 2.45) is 0 Å². The Morgan fingerprint density at radius 3 is 2.42 bits per heavy atom. The van der Waals surface area contributed by atoms with Crippen molar-refractivity contribution in [3.63, 3.8) is 0 Å². The second-order valence-corrected chi connectivity index (χ2v) is 10.8. The zero-order valence-corrected chi connectivity index (χ0v) is 24.8. The van der Waals surface area contributed by atoms with Crippen LogP contribution in [-0.4, -0.2) is 83.7 Å². The van der Waals surface area contributed by atoms with Gasteiger partial charge in [-0.3, -0.25) is 20.0 Å². The molecule has 1 aliphatic rings. The molecule has 2 atom stereocenters. The van der Waals surface area contributed by atoms with Crippen LogP contribution in [0.25, 0.3) is 16.9 Å². The van der Waals surface area contributed by atoms with Gasteiger partial charge in [0.2, 0.25) is 0 Å². The summed E-state index contributed by atoms with van der Waals surface area (Å²) in [5.74, 6) is -0.488. The molecule has 0 spiro atoms. The smallest absolute Gasteiger partial charge is 0.383 e. The van der Waals surface area contributed by atoms with E-state index in [4.69, 9.17) is 9.84 Å². The van der Waals surface area contributed by atoms with E-state index < -0.39 is 24.7 Å². The summed E-state index contributed by atoms with van der Waals surface area (Å²) in [4.78, 5) is 32.2. The number of carbonyl (C=O) groups excluding carboxylic acids is 2. The molecule has 0 bridgehead atoms. The third kappa shape index (κ3) is 7.86. The molecule has 45 heavy (non-hydrogen) atoms. The number of rotatable bonds is 10. The number of methoxy groups -OCH3 is 1. The Hall–Kier alpha value is -4.75. The summed E-state index contributed by atoms with van der Waals surface area (Å²) in [5.41, 5.74) is 3.08. The molecule has 4 aromatic rings. The van der Waals surface area contributed by atoms with Gasteiger partial charge in [-0.2, -0.15) is 18.3 Å². The van der Waals surface area contributed by atoms with Gasteiger partial charge in [0.05, 0.1) is 24.0 Å². The number of hydrogen-bond acceptors (Lipinski definition) is 6. The molecule has 3 N–H and O–H groups in total. The van der Waals surface area contributed by atoms with Crippen LogP contribution in [0, 0.1) is 6.92 Å². The van der Waals surface area contributed by atoms with Gasteiger partial charge in [0.15, 0.2) is 0 Å². The number of para-hydroxylation sites is 1. The van der Waals surface area contributed by atoms with E-state index >= 15 is 0 Å². The predicted molar refractivity (Wildman–Crippen MR) is 163 cm³/mol. The number of ether oxygens (including phenoxy) is 1. The molecule has 13 heteroatoms. The molecular formula is C32H34F3N7O3. The van der Waals surface area contributed by atoms with Crippen molar-refractivity contribution in [2.45, 2.75) is 25.1 Å². The normalized spacial score (nSPS) is 16.8. The lowest BCUT2D eigenvalue weighted by Gasteiger charge is -2.21. The number of likely N-dealkylation sites (tertiary alicyclic amines) is 1. The summed E-state index contributed by atoms with van der Waals surface area (Å²) in [6.07, 6.45) is -3.22. The number of pyridine rings is 1. The Morgan fingerprint density at radius 1 is 1.02 bits per heavy atom. The molecule has 10 nitrogen and oxygen atoms in total. The first-order chi connectivity index (χ1) is 21.6. The molecule has 1 saturated heterocycles. The van der Waals surface area contributed by atoms with Gasteiger partial charge >= 0.3 is 12.2 Å². The number of alkyl halides is 3. The third-order valence-corrected chi connectivity index (χ3v) is 7.62. The minimum absolute atomic E-state index is 0.0724. The van der Waals surface area contributed by atoms with Gasteiger partial charge in [0, 0.05) is 50.0 Å². The van der Waals surface area contributed by atoms with Crippen LogP contribution < -0.4 is 16.0 Å². The number of halogens is 3. The van der Waals surface area contributed by atoms with Gasteiger partial charge < -0.3 is 15.4 Å². The van der Waals surface area contributed by atoms with Gasteiger partial charge in [0.25, 0.3) is 5.91 Å². The average molecular weight is 622 g/mol. The fraction of sp³-hybridized carbons (Fsp3) is 0.312. The van der Waals surface area contributed by atoms with E-state index in [1.807, 2.05) is 53.8 Å². The number of nitrogens with one attached hydrogen (secondary N) is 3. The lowest BCUT2D eigenvalue weighted by Crippen LogP contribution is -2.42. The fourth-order valence-electron chi connectivity index (χ4n) is 5.43. The molecule has 3 heterocycles. The van der Waals surface area contributed by atoms with Crippen LogP contribution >= 0.6 is 0 Å². The maximum absolute atomic E-state index is 13.6.